The first-order valence-corrected chi connectivity index (χ1v) is 17.0. The van der Waals surface area contributed by atoms with Crippen molar-refractivity contribution in [3.8, 4) is 0 Å². The van der Waals surface area contributed by atoms with E-state index in [-0.39, 0.29) is 5.04 Å². The number of aliphatic carboxylic acids is 1. The number of rotatable bonds is 21. The molecule has 0 amide bonds. The van der Waals surface area contributed by atoms with Crippen LogP contribution in [0.2, 0.25) is 18.1 Å². The number of hydrogen-bond acceptors (Lipinski definition) is 3. The maximum Gasteiger partial charge on any atom is 0.337 e. The van der Waals surface area contributed by atoms with Gasteiger partial charge in [0.15, 0.2) is 13.9 Å². The molecular formula is C28H58O4Si. The molecule has 0 fully saturated rings. The molecule has 2 N–H and O–H groups in total. The Morgan fingerprint density at radius 1 is 0.758 bits per heavy atom. The second-order valence-electron chi connectivity index (χ2n) is 11.7. The number of aliphatic hydroxyl groups excluding tert-OH is 1. The molecule has 0 aliphatic carbocycles. The fraction of sp³-hybridized carbons (Fsp3) is 0.964. The van der Waals surface area contributed by atoms with Crippen LogP contribution in [0.4, 0.5) is 0 Å². The number of unbranched alkanes of at least 4 members (excludes halogenated alkanes) is 13. The fourth-order valence-electron chi connectivity index (χ4n) is 4.24. The van der Waals surface area contributed by atoms with E-state index >= 15 is 0 Å². The van der Waals surface area contributed by atoms with Crippen molar-refractivity contribution < 1.29 is 19.4 Å². The van der Waals surface area contributed by atoms with E-state index in [0.29, 0.717) is 12.8 Å². The summed E-state index contributed by atoms with van der Waals surface area (Å²) in [5, 5.41) is 21.4. The van der Waals surface area contributed by atoms with Crippen LogP contribution in [0.25, 0.3) is 0 Å². The van der Waals surface area contributed by atoms with Gasteiger partial charge in [-0.2, -0.15) is 0 Å². The van der Waals surface area contributed by atoms with Gasteiger partial charge in [-0.05, 0) is 37.4 Å². The van der Waals surface area contributed by atoms with Gasteiger partial charge in [-0.3, -0.25) is 0 Å². The molecule has 0 spiro atoms. The van der Waals surface area contributed by atoms with Crippen molar-refractivity contribution in [3.63, 3.8) is 0 Å². The van der Waals surface area contributed by atoms with Gasteiger partial charge in [0, 0.05) is 0 Å². The summed E-state index contributed by atoms with van der Waals surface area (Å²) in [6.07, 6.45) is 17.6. The molecule has 0 aromatic carbocycles. The first-order valence-electron chi connectivity index (χ1n) is 14.1. The number of aliphatic hydroxyl groups is 1. The van der Waals surface area contributed by atoms with E-state index < -0.39 is 26.0 Å². The minimum atomic E-state index is -2.36. The smallest absolute Gasteiger partial charge is 0.337 e. The molecule has 0 saturated carbocycles. The molecule has 5 heteroatoms. The van der Waals surface area contributed by atoms with Gasteiger partial charge < -0.3 is 14.6 Å². The molecule has 4 nitrogen and oxygen atoms in total. The van der Waals surface area contributed by atoms with Crippen molar-refractivity contribution in [1.29, 1.82) is 0 Å². The van der Waals surface area contributed by atoms with Crippen molar-refractivity contribution >= 4 is 14.3 Å². The van der Waals surface area contributed by atoms with Gasteiger partial charge in [0.2, 0.25) is 0 Å². The largest absolute Gasteiger partial charge is 0.479 e. The minimum absolute atomic E-state index is 0.104. The van der Waals surface area contributed by atoms with Gasteiger partial charge in [-0.25, -0.2) is 4.79 Å². The highest BCUT2D eigenvalue weighted by atomic mass is 28.4. The molecule has 0 radical (unpaired) electrons. The van der Waals surface area contributed by atoms with E-state index in [2.05, 4.69) is 47.7 Å². The van der Waals surface area contributed by atoms with Crippen LogP contribution < -0.4 is 0 Å². The lowest BCUT2D eigenvalue weighted by Crippen LogP contribution is -2.59. The summed E-state index contributed by atoms with van der Waals surface area (Å²) >= 11 is 0. The van der Waals surface area contributed by atoms with Crippen LogP contribution in [-0.2, 0) is 9.22 Å². The molecule has 0 aliphatic rings. The summed E-state index contributed by atoms with van der Waals surface area (Å²) in [7, 11) is -2.36. The molecule has 33 heavy (non-hydrogen) atoms. The van der Waals surface area contributed by atoms with Crippen LogP contribution in [0.3, 0.4) is 0 Å². The van der Waals surface area contributed by atoms with Crippen LogP contribution in [0.1, 0.15) is 144 Å². The minimum Gasteiger partial charge on any atom is -0.479 e. The van der Waals surface area contributed by atoms with Crippen molar-refractivity contribution in [2.75, 3.05) is 0 Å². The fourth-order valence-corrected chi connectivity index (χ4v) is 5.78. The highest BCUT2D eigenvalue weighted by Crippen LogP contribution is 2.42. The van der Waals surface area contributed by atoms with Gasteiger partial charge in [0.05, 0.1) is 6.10 Å². The van der Waals surface area contributed by atoms with Gasteiger partial charge in [-0.1, -0.05) is 125 Å². The van der Waals surface area contributed by atoms with E-state index in [0.717, 1.165) is 38.5 Å². The van der Waals surface area contributed by atoms with Crippen molar-refractivity contribution in [2.24, 2.45) is 0 Å². The summed E-state index contributed by atoms with van der Waals surface area (Å²) in [6, 6.07) is 0. The molecule has 0 heterocycles. The molecule has 0 saturated heterocycles. The Morgan fingerprint density at radius 2 is 1.15 bits per heavy atom. The molecule has 2 unspecified atom stereocenters. The van der Waals surface area contributed by atoms with Crippen LogP contribution in [0, 0.1) is 0 Å². The molecule has 2 atom stereocenters. The third-order valence-corrected chi connectivity index (χ3v) is 12.1. The second kappa shape index (κ2) is 17.1. The van der Waals surface area contributed by atoms with Crippen LogP contribution in [-0.4, -0.2) is 36.2 Å². The summed E-state index contributed by atoms with van der Waals surface area (Å²) < 4.78 is 6.53. The van der Waals surface area contributed by atoms with Crippen LogP contribution in [0.5, 0.6) is 0 Å². The quantitative estimate of drug-likeness (QED) is 0.125. The molecule has 0 aromatic rings. The Hall–Kier alpha value is -0.393. The molecule has 198 valence electrons. The van der Waals surface area contributed by atoms with Crippen LogP contribution in [0.15, 0.2) is 0 Å². The number of carboxylic acid groups (broad SMARTS) is 1. The zero-order valence-corrected chi connectivity index (χ0v) is 24.3. The van der Waals surface area contributed by atoms with Gasteiger partial charge in [0.1, 0.15) is 0 Å². The maximum atomic E-state index is 12.6. The molecule has 0 aromatic heterocycles. The number of hydrogen-bond donors (Lipinski definition) is 2. The molecule has 0 bridgehead atoms. The maximum absolute atomic E-state index is 12.6. The summed E-state index contributed by atoms with van der Waals surface area (Å²) in [4.78, 5) is 12.6. The van der Waals surface area contributed by atoms with Crippen molar-refractivity contribution in [1.82, 2.24) is 0 Å². The van der Waals surface area contributed by atoms with Gasteiger partial charge >= 0.3 is 5.97 Å². The average Bonchev–Trinajstić information content (AvgIpc) is 2.72. The van der Waals surface area contributed by atoms with Crippen LogP contribution >= 0.6 is 0 Å². The SMILES string of the molecule is CCCCCCCCCCCCCC(O)C(CCCCCC)(O[Si](C)(C)C(C)(C)C)C(=O)O. The zero-order chi connectivity index (χ0) is 25.4. The van der Waals surface area contributed by atoms with Gasteiger partial charge in [0.25, 0.3) is 0 Å². The highest BCUT2D eigenvalue weighted by Gasteiger charge is 2.52. The first-order chi connectivity index (χ1) is 15.4. The van der Waals surface area contributed by atoms with Gasteiger partial charge in [-0.15, -0.1) is 0 Å². The Balaban J connectivity index is 4.79. The monoisotopic (exact) mass is 486 g/mol. The van der Waals surface area contributed by atoms with E-state index in [1.54, 1.807) is 0 Å². The molecule has 0 aliphatic heterocycles. The third-order valence-electron chi connectivity index (χ3n) is 7.63. The average molecular weight is 487 g/mol. The lowest BCUT2D eigenvalue weighted by Gasteiger charge is -2.45. The third kappa shape index (κ3) is 12.8. The Kier molecular flexibility index (Phi) is 16.9. The summed E-state index contributed by atoms with van der Waals surface area (Å²) in [5.74, 6) is -0.987. The summed E-state index contributed by atoms with van der Waals surface area (Å²) in [5.41, 5.74) is -1.48. The Morgan fingerprint density at radius 3 is 1.55 bits per heavy atom. The zero-order valence-electron chi connectivity index (χ0n) is 23.3. The number of carboxylic acids is 1. The first kappa shape index (κ1) is 32.6. The standard InChI is InChI=1S/C28H58O4Si/c1-8-10-12-14-15-16-17-18-19-20-21-23-25(29)28(26(30)31,24-22-13-11-9-2)32-33(6,7)27(3,4)5/h25,29H,8-24H2,1-7H3,(H,30,31). The highest BCUT2D eigenvalue weighted by molar-refractivity contribution is 6.74. The predicted molar refractivity (Wildman–Crippen MR) is 144 cm³/mol. The van der Waals surface area contributed by atoms with E-state index in [4.69, 9.17) is 4.43 Å². The Labute approximate surface area is 207 Å². The topological polar surface area (TPSA) is 66.8 Å². The molecular weight excluding hydrogens is 428 g/mol. The normalized spacial score (nSPS) is 15.4. The van der Waals surface area contributed by atoms with E-state index in [9.17, 15) is 15.0 Å². The molecule has 0 rings (SSSR count). The van der Waals surface area contributed by atoms with E-state index in [1.807, 2.05) is 0 Å². The predicted octanol–water partition coefficient (Wildman–Crippen LogP) is 8.86. The number of carbonyl (C=O) groups is 1. The van der Waals surface area contributed by atoms with Crippen molar-refractivity contribution in [3.05, 3.63) is 0 Å². The Bertz CT molecular complexity index is 501. The lowest BCUT2D eigenvalue weighted by molar-refractivity contribution is -0.170. The lowest BCUT2D eigenvalue weighted by atomic mass is 9.87. The van der Waals surface area contributed by atoms with E-state index in [1.165, 1.54) is 57.8 Å². The second-order valence-corrected chi connectivity index (χ2v) is 16.4. The summed E-state index contributed by atoms with van der Waals surface area (Å²) in [6.45, 7) is 15.0. The van der Waals surface area contributed by atoms with Crippen molar-refractivity contribution in [2.45, 2.75) is 174 Å².